The molecule has 2 aromatic heterocycles. The van der Waals surface area contributed by atoms with E-state index < -0.39 is 0 Å². The average Bonchev–Trinajstić information content (AvgIpc) is 3.38. The molecule has 2 unspecified atom stereocenters. The van der Waals surface area contributed by atoms with E-state index in [1.807, 2.05) is 23.6 Å². The van der Waals surface area contributed by atoms with Crippen molar-refractivity contribution in [2.45, 2.75) is 39.1 Å². The highest BCUT2D eigenvalue weighted by Gasteiger charge is 2.22. The smallest absolute Gasteiger partial charge is 0.263 e. The number of amides is 1. The minimum absolute atomic E-state index is 0.0753. The van der Waals surface area contributed by atoms with Crippen molar-refractivity contribution in [3.8, 4) is 9.88 Å². The summed E-state index contributed by atoms with van der Waals surface area (Å²) in [6.07, 6.45) is 2.15. The van der Waals surface area contributed by atoms with Gasteiger partial charge in [0.15, 0.2) is 0 Å². The van der Waals surface area contributed by atoms with Gasteiger partial charge in [-0.2, -0.15) is 0 Å². The molecular formula is C22H25N3O2S2. The Bertz CT molecular complexity index is 945. The maximum Gasteiger partial charge on any atom is 0.263 e. The van der Waals surface area contributed by atoms with E-state index in [4.69, 9.17) is 4.74 Å². The summed E-state index contributed by atoms with van der Waals surface area (Å²) in [5, 5.41) is 5.97. The Morgan fingerprint density at radius 2 is 1.93 bits per heavy atom. The predicted molar refractivity (Wildman–Crippen MR) is 118 cm³/mol. The fourth-order valence-electron chi connectivity index (χ4n) is 3.69. The van der Waals surface area contributed by atoms with Crippen LogP contribution in [0.25, 0.3) is 9.88 Å². The van der Waals surface area contributed by atoms with Crippen LogP contribution < -0.4 is 5.32 Å². The summed E-state index contributed by atoms with van der Waals surface area (Å²) < 4.78 is 5.84. The number of hydrogen-bond acceptors (Lipinski definition) is 6. The normalized spacial score (nSPS) is 19.9. The highest BCUT2D eigenvalue weighted by molar-refractivity contribution is 7.21. The lowest BCUT2D eigenvalue weighted by atomic mass is 10.1. The molecule has 3 aromatic rings. The van der Waals surface area contributed by atoms with Crippen LogP contribution in [0.1, 0.15) is 34.6 Å². The average molecular weight is 428 g/mol. The van der Waals surface area contributed by atoms with Gasteiger partial charge in [0.25, 0.3) is 5.91 Å². The molecule has 1 saturated heterocycles. The van der Waals surface area contributed by atoms with Crippen molar-refractivity contribution >= 4 is 28.6 Å². The quantitative estimate of drug-likeness (QED) is 0.633. The molecule has 1 amide bonds. The van der Waals surface area contributed by atoms with Crippen molar-refractivity contribution in [3.63, 3.8) is 0 Å². The number of thiophene rings is 1. The Kier molecular flexibility index (Phi) is 6.40. The first-order chi connectivity index (χ1) is 14.1. The van der Waals surface area contributed by atoms with E-state index in [0.717, 1.165) is 35.1 Å². The van der Waals surface area contributed by atoms with Gasteiger partial charge in [0.2, 0.25) is 0 Å². The number of hydrogen-bond donors (Lipinski definition) is 1. The van der Waals surface area contributed by atoms with Crippen molar-refractivity contribution in [2.75, 3.05) is 13.1 Å². The number of carbonyl (C=O) groups excluding carboxylic acids is 1. The Labute approximate surface area is 179 Å². The zero-order chi connectivity index (χ0) is 20.2. The largest absolute Gasteiger partial charge is 0.373 e. The molecule has 0 saturated carbocycles. The zero-order valence-corrected chi connectivity index (χ0v) is 18.3. The summed E-state index contributed by atoms with van der Waals surface area (Å²) in [5.41, 5.74) is 2.40. The van der Waals surface area contributed by atoms with Gasteiger partial charge in [-0.25, -0.2) is 4.98 Å². The van der Waals surface area contributed by atoms with Gasteiger partial charge in [0.05, 0.1) is 23.3 Å². The molecule has 152 valence electrons. The number of ether oxygens (including phenoxy) is 1. The molecule has 1 aliphatic rings. The number of carbonyl (C=O) groups is 1. The third-order valence-electron chi connectivity index (χ3n) is 4.91. The second kappa shape index (κ2) is 9.17. The van der Waals surface area contributed by atoms with Crippen LogP contribution in [0.4, 0.5) is 0 Å². The van der Waals surface area contributed by atoms with Crippen molar-refractivity contribution < 1.29 is 9.53 Å². The molecule has 0 spiro atoms. The Morgan fingerprint density at radius 3 is 2.66 bits per heavy atom. The monoisotopic (exact) mass is 427 g/mol. The topological polar surface area (TPSA) is 54.5 Å². The van der Waals surface area contributed by atoms with Crippen LogP contribution in [0.3, 0.4) is 0 Å². The second-order valence-corrected chi connectivity index (χ2v) is 9.39. The van der Waals surface area contributed by atoms with Crippen molar-refractivity contribution in [3.05, 3.63) is 64.0 Å². The first kappa shape index (κ1) is 20.2. The van der Waals surface area contributed by atoms with Crippen LogP contribution in [0.5, 0.6) is 0 Å². The van der Waals surface area contributed by atoms with E-state index in [1.54, 1.807) is 17.5 Å². The number of rotatable bonds is 6. The van der Waals surface area contributed by atoms with Crippen LogP contribution in [-0.2, 0) is 17.8 Å². The molecule has 1 aromatic carbocycles. The molecule has 3 heterocycles. The summed E-state index contributed by atoms with van der Waals surface area (Å²) in [4.78, 5) is 21.2. The van der Waals surface area contributed by atoms with Gasteiger partial charge < -0.3 is 10.1 Å². The van der Waals surface area contributed by atoms with E-state index in [0.29, 0.717) is 11.4 Å². The fourth-order valence-corrected chi connectivity index (χ4v) is 5.33. The number of morpholine rings is 1. The molecule has 0 radical (unpaired) electrons. The number of nitrogens with zero attached hydrogens (tertiary/aromatic N) is 2. The van der Waals surface area contributed by atoms with E-state index in [-0.39, 0.29) is 18.1 Å². The van der Waals surface area contributed by atoms with Crippen molar-refractivity contribution in [1.29, 1.82) is 0 Å². The zero-order valence-electron chi connectivity index (χ0n) is 16.6. The molecule has 29 heavy (non-hydrogen) atoms. The predicted octanol–water partition coefficient (Wildman–Crippen LogP) is 4.41. The van der Waals surface area contributed by atoms with E-state index in [9.17, 15) is 4.79 Å². The molecule has 0 aliphatic carbocycles. The molecular weight excluding hydrogens is 402 g/mol. The van der Waals surface area contributed by atoms with Crippen molar-refractivity contribution in [2.24, 2.45) is 0 Å². The van der Waals surface area contributed by atoms with Gasteiger partial charge in [-0.3, -0.25) is 9.69 Å². The maximum absolute atomic E-state index is 12.6. The van der Waals surface area contributed by atoms with Crippen LogP contribution in [0.2, 0.25) is 0 Å². The van der Waals surface area contributed by atoms with Gasteiger partial charge in [-0.1, -0.05) is 30.3 Å². The Hall–Kier alpha value is -2.06. The Morgan fingerprint density at radius 1 is 1.17 bits per heavy atom. The molecule has 0 bridgehead atoms. The van der Waals surface area contributed by atoms with Crippen LogP contribution >= 0.6 is 22.7 Å². The van der Waals surface area contributed by atoms with Crippen LogP contribution in [0.15, 0.2) is 48.0 Å². The van der Waals surface area contributed by atoms with Gasteiger partial charge in [0.1, 0.15) is 9.88 Å². The first-order valence-corrected chi connectivity index (χ1v) is 11.5. The number of aromatic nitrogens is 1. The SMILES string of the molecule is CC1CN(Cc2ccccc2CNC(=O)c2cnc(-c3cccs3)s2)CC(C)O1. The minimum atomic E-state index is -0.0753. The van der Waals surface area contributed by atoms with E-state index in [1.165, 1.54) is 16.9 Å². The summed E-state index contributed by atoms with van der Waals surface area (Å²) in [7, 11) is 0. The molecule has 4 rings (SSSR count). The maximum atomic E-state index is 12.6. The highest BCUT2D eigenvalue weighted by Crippen LogP contribution is 2.28. The van der Waals surface area contributed by atoms with Gasteiger partial charge >= 0.3 is 0 Å². The second-order valence-electron chi connectivity index (χ2n) is 7.41. The lowest BCUT2D eigenvalue weighted by Gasteiger charge is -2.35. The van der Waals surface area contributed by atoms with E-state index >= 15 is 0 Å². The summed E-state index contributed by atoms with van der Waals surface area (Å²) in [6.45, 7) is 7.47. The molecule has 1 aliphatic heterocycles. The lowest BCUT2D eigenvalue weighted by molar-refractivity contribution is -0.0705. The van der Waals surface area contributed by atoms with Gasteiger partial charge in [-0.05, 0) is 36.4 Å². The number of thiazole rings is 1. The summed E-state index contributed by atoms with van der Waals surface area (Å²) >= 11 is 3.06. The van der Waals surface area contributed by atoms with Crippen LogP contribution in [-0.4, -0.2) is 41.1 Å². The first-order valence-electron chi connectivity index (χ1n) is 9.81. The minimum Gasteiger partial charge on any atom is -0.373 e. The number of nitrogens with one attached hydrogen (secondary N) is 1. The molecule has 1 fully saturated rings. The lowest BCUT2D eigenvalue weighted by Crippen LogP contribution is -2.45. The fraction of sp³-hybridized carbons (Fsp3) is 0.364. The Balaban J connectivity index is 1.39. The van der Waals surface area contributed by atoms with Gasteiger partial charge in [-0.15, -0.1) is 22.7 Å². The number of benzene rings is 1. The third-order valence-corrected chi connectivity index (χ3v) is 6.94. The standard InChI is InChI=1S/C22H25N3O2S2/c1-15-12-25(13-16(2)27-15)14-18-7-4-3-6-17(18)10-23-21(26)20-11-24-22(29-20)19-8-5-9-28-19/h3-9,11,15-16H,10,12-14H2,1-2H3,(H,23,26). The molecule has 7 heteroatoms. The molecule has 5 nitrogen and oxygen atoms in total. The molecule has 1 N–H and O–H groups in total. The third kappa shape index (κ3) is 5.11. The summed E-state index contributed by atoms with van der Waals surface area (Å²) in [6, 6.07) is 12.3. The van der Waals surface area contributed by atoms with Gasteiger partial charge in [0, 0.05) is 26.2 Å². The summed E-state index contributed by atoms with van der Waals surface area (Å²) in [5.74, 6) is -0.0753. The highest BCUT2D eigenvalue weighted by atomic mass is 32.1. The van der Waals surface area contributed by atoms with E-state index in [2.05, 4.69) is 47.2 Å². The van der Waals surface area contributed by atoms with Crippen LogP contribution in [0, 0.1) is 0 Å². The van der Waals surface area contributed by atoms with Crippen molar-refractivity contribution in [1.82, 2.24) is 15.2 Å². The molecule has 2 atom stereocenters.